The molecule has 53 heavy (non-hydrogen) atoms. The van der Waals surface area contributed by atoms with E-state index in [-0.39, 0.29) is 42.3 Å². The number of hydrogen-bond acceptors (Lipinski definition) is 11. The van der Waals surface area contributed by atoms with E-state index < -0.39 is 30.2 Å². The summed E-state index contributed by atoms with van der Waals surface area (Å²) < 4.78 is 28.3. The van der Waals surface area contributed by atoms with Crippen molar-refractivity contribution in [1.82, 2.24) is 0 Å². The number of aromatic hydroxyl groups is 2. The first-order chi connectivity index (χ1) is 25.6. The van der Waals surface area contributed by atoms with E-state index in [1.54, 1.807) is 42.5 Å². The molecule has 2 amide bonds. The lowest BCUT2D eigenvalue weighted by Crippen LogP contribution is -2.34. The van der Waals surface area contributed by atoms with E-state index in [9.17, 15) is 29.4 Å². The van der Waals surface area contributed by atoms with E-state index in [0.29, 0.717) is 45.1 Å². The number of phenolic OH excluding ortho intramolecular Hbond substituents is 2. The zero-order valence-corrected chi connectivity index (χ0v) is 28.7. The van der Waals surface area contributed by atoms with Crippen LogP contribution in [0.3, 0.4) is 0 Å². The van der Waals surface area contributed by atoms with Gasteiger partial charge in [-0.2, -0.15) is 0 Å². The number of ketones is 1. The van der Waals surface area contributed by atoms with Crippen molar-refractivity contribution in [2.24, 2.45) is 5.92 Å². The van der Waals surface area contributed by atoms with E-state index in [2.05, 4.69) is 10.6 Å². The highest BCUT2D eigenvalue weighted by Crippen LogP contribution is 2.34. The highest BCUT2D eigenvalue weighted by atomic mass is 16.6. The molecule has 6 rings (SSSR count). The zero-order chi connectivity index (χ0) is 37.5. The van der Waals surface area contributed by atoms with Gasteiger partial charge in [0.2, 0.25) is 0 Å². The standard InChI is InChI=1S/C40H36N2O11/c1-49-33-19-27(41-39(47)25-5-13-29(43)14-6-25)11-3-23(33)9-17-32(45)31-21-51-38-35(22-52-37(31)38)53-36(46)18-10-24-4-12-28(20-34(24)50-2)42-40(48)26-7-15-30(44)16-8-26/h3-20,31,35,37-38,43-44H,21-22H2,1-2H3,(H,41,47)(H,42,48)/b17-9+,18-10+. The Morgan fingerprint density at radius 3 is 1.66 bits per heavy atom. The maximum absolute atomic E-state index is 13.2. The zero-order valence-electron chi connectivity index (χ0n) is 28.7. The number of anilines is 2. The van der Waals surface area contributed by atoms with Crippen molar-refractivity contribution in [2.75, 3.05) is 38.1 Å². The Morgan fingerprint density at radius 2 is 1.15 bits per heavy atom. The summed E-state index contributed by atoms with van der Waals surface area (Å²) in [7, 11) is 2.95. The maximum Gasteiger partial charge on any atom is 0.331 e. The summed E-state index contributed by atoms with van der Waals surface area (Å²) in [6.45, 7) is 0.154. The van der Waals surface area contributed by atoms with Gasteiger partial charge in [-0.15, -0.1) is 0 Å². The summed E-state index contributed by atoms with van der Waals surface area (Å²) in [5.41, 5.74) is 2.86. The third-order valence-electron chi connectivity index (χ3n) is 8.71. The number of amides is 2. The molecule has 0 saturated carbocycles. The lowest BCUT2D eigenvalue weighted by atomic mass is 9.96. The SMILES string of the molecule is COc1cc(NC(=O)c2ccc(O)cc2)ccc1/C=C/C(=O)OC1COC2C(C(=O)/C=C/c3ccc(NC(=O)c4ccc(O)cc4)cc3OC)COC12. The van der Waals surface area contributed by atoms with Crippen LogP contribution in [0.2, 0.25) is 0 Å². The van der Waals surface area contributed by atoms with Crippen molar-refractivity contribution < 1.29 is 53.1 Å². The summed E-state index contributed by atoms with van der Waals surface area (Å²) in [4.78, 5) is 51.2. The first-order valence-corrected chi connectivity index (χ1v) is 16.5. The largest absolute Gasteiger partial charge is 0.508 e. The fourth-order valence-corrected chi connectivity index (χ4v) is 5.94. The number of rotatable bonds is 12. The topological polar surface area (TPSA) is 179 Å². The van der Waals surface area contributed by atoms with Gasteiger partial charge in [-0.05, 0) is 91.0 Å². The molecular weight excluding hydrogens is 684 g/mol. The van der Waals surface area contributed by atoms with Crippen LogP contribution in [0.4, 0.5) is 11.4 Å². The van der Waals surface area contributed by atoms with Crippen molar-refractivity contribution in [2.45, 2.75) is 18.3 Å². The second-order valence-electron chi connectivity index (χ2n) is 12.2. The van der Waals surface area contributed by atoms with Crippen LogP contribution < -0.4 is 20.1 Å². The average Bonchev–Trinajstić information content (AvgIpc) is 3.77. The third kappa shape index (κ3) is 8.72. The lowest BCUT2D eigenvalue weighted by Gasteiger charge is -2.16. The number of methoxy groups -OCH3 is 2. The van der Waals surface area contributed by atoms with Crippen molar-refractivity contribution in [3.05, 3.63) is 119 Å². The number of allylic oxidation sites excluding steroid dienone is 1. The van der Waals surface area contributed by atoms with Crippen molar-refractivity contribution in [3.63, 3.8) is 0 Å². The van der Waals surface area contributed by atoms with Gasteiger partial charge in [-0.1, -0.05) is 0 Å². The Balaban J connectivity index is 1.02. The number of ether oxygens (including phenoxy) is 5. The number of esters is 1. The molecule has 0 radical (unpaired) electrons. The summed E-state index contributed by atoms with van der Waals surface area (Å²) >= 11 is 0. The Hall–Kier alpha value is -6.44. The van der Waals surface area contributed by atoms with Gasteiger partial charge in [0.15, 0.2) is 11.9 Å². The highest BCUT2D eigenvalue weighted by Gasteiger charge is 2.51. The minimum atomic E-state index is -0.720. The number of carbonyl (C=O) groups excluding carboxylic acids is 4. The van der Waals surface area contributed by atoms with Crippen LogP contribution in [0.15, 0.2) is 97.1 Å². The molecule has 2 aliphatic heterocycles. The Kier molecular flexibility index (Phi) is 11.2. The molecule has 13 nitrogen and oxygen atoms in total. The molecule has 2 saturated heterocycles. The molecule has 0 spiro atoms. The number of nitrogens with one attached hydrogen (secondary N) is 2. The molecule has 2 fully saturated rings. The average molecular weight is 721 g/mol. The van der Waals surface area contributed by atoms with E-state index in [1.165, 1.54) is 81.0 Å². The number of benzene rings is 4. The first kappa shape index (κ1) is 36.4. The number of fused-ring (bicyclic) bond motifs is 1. The number of carbonyl (C=O) groups is 4. The first-order valence-electron chi connectivity index (χ1n) is 16.5. The van der Waals surface area contributed by atoms with Gasteiger partial charge in [0.05, 0.1) is 39.5 Å². The summed E-state index contributed by atoms with van der Waals surface area (Å²) in [5.74, 6) is -1.26. The summed E-state index contributed by atoms with van der Waals surface area (Å²) in [6.07, 6.45) is 3.87. The van der Waals surface area contributed by atoms with Gasteiger partial charge in [-0.3, -0.25) is 14.4 Å². The summed E-state index contributed by atoms with van der Waals surface area (Å²) in [6, 6.07) is 21.7. The van der Waals surface area contributed by atoms with Crippen LogP contribution in [-0.4, -0.2) is 79.5 Å². The van der Waals surface area contributed by atoms with Gasteiger partial charge in [0, 0.05) is 51.8 Å². The smallest absolute Gasteiger partial charge is 0.331 e. The molecule has 13 heteroatoms. The molecule has 4 aromatic rings. The molecule has 4 aromatic carbocycles. The van der Waals surface area contributed by atoms with Crippen molar-refractivity contribution in [3.8, 4) is 23.0 Å². The van der Waals surface area contributed by atoms with Crippen molar-refractivity contribution >= 4 is 47.1 Å². The minimum Gasteiger partial charge on any atom is -0.508 e. The highest BCUT2D eigenvalue weighted by molar-refractivity contribution is 6.05. The number of phenols is 2. The molecule has 4 atom stereocenters. The molecule has 0 bridgehead atoms. The molecule has 2 heterocycles. The van der Waals surface area contributed by atoms with Gasteiger partial charge < -0.3 is 44.5 Å². The second-order valence-corrected chi connectivity index (χ2v) is 12.2. The van der Waals surface area contributed by atoms with Crippen LogP contribution in [0.25, 0.3) is 12.2 Å². The van der Waals surface area contributed by atoms with E-state index in [0.717, 1.165) is 0 Å². The molecule has 4 unspecified atom stereocenters. The minimum absolute atomic E-state index is 0.0533. The van der Waals surface area contributed by atoms with Crippen LogP contribution >= 0.6 is 0 Å². The molecule has 0 aliphatic carbocycles. The Morgan fingerprint density at radius 1 is 0.660 bits per heavy atom. The summed E-state index contributed by atoms with van der Waals surface area (Å²) in [5, 5.41) is 24.5. The Bertz CT molecular complexity index is 2060. The molecule has 272 valence electrons. The van der Waals surface area contributed by atoms with Gasteiger partial charge in [0.25, 0.3) is 11.8 Å². The van der Waals surface area contributed by atoms with Crippen LogP contribution in [0.5, 0.6) is 23.0 Å². The molecule has 4 N–H and O–H groups in total. The fourth-order valence-electron chi connectivity index (χ4n) is 5.94. The normalized spacial score (nSPS) is 19.1. The quantitative estimate of drug-likeness (QED) is 0.111. The van der Waals surface area contributed by atoms with Gasteiger partial charge >= 0.3 is 5.97 Å². The predicted octanol–water partition coefficient (Wildman–Crippen LogP) is 5.24. The second kappa shape index (κ2) is 16.3. The third-order valence-corrected chi connectivity index (χ3v) is 8.71. The predicted molar refractivity (Wildman–Crippen MR) is 194 cm³/mol. The van der Waals surface area contributed by atoms with E-state index in [4.69, 9.17) is 23.7 Å². The van der Waals surface area contributed by atoms with Crippen molar-refractivity contribution in [1.29, 1.82) is 0 Å². The van der Waals surface area contributed by atoms with E-state index in [1.807, 2.05) is 0 Å². The lowest BCUT2D eigenvalue weighted by molar-refractivity contribution is -0.147. The van der Waals surface area contributed by atoms with E-state index >= 15 is 0 Å². The monoisotopic (exact) mass is 720 g/mol. The van der Waals surface area contributed by atoms with Crippen LogP contribution in [-0.2, 0) is 23.8 Å². The van der Waals surface area contributed by atoms with Crippen LogP contribution in [0, 0.1) is 5.92 Å². The van der Waals surface area contributed by atoms with Crippen LogP contribution in [0.1, 0.15) is 31.8 Å². The Labute approximate surface area is 304 Å². The fraction of sp³-hybridized carbons (Fsp3) is 0.200. The number of hydrogen-bond donors (Lipinski definition) is 4. The maximum atomic E-state index is 13.2. The molecule has 0 aromatic heterocycles. The van der Waals surface area contributed by atoms with Gasteiger partial charge in [0.1, 0.15) is 29.1 Å². The molecular formula is C40H36N2O11. The van der Waals surface area contributed by atoms with Gasteiger partial charge in [-0.25, -0.2) is 4.79 Å². The molecule has 2 aliphatic rings.